The lowest BCUT2D eigenvalue weighted by atomic mass is 9.82. The molecule has 2 aromatic carbocycles. The topological polar surface area (TPSA) is 95.6 Å². The summed E-state index contributed by atoms with van der Waals surface area (Å²) in [7, 11) is 0. The third kappa shape index (κ3) is 4.06. The normalized spacial score (nSPS) is 16.5. The van der Waals surface area contributed by atoms with E-state index < -0.39 is 51.9 Å². The van der Waals surface area contributed by atoms with Crippen molar-refractivity contribution in [1.29, 1.82) is 10.5 Å². The Morgan fingerprint density at radius 2 is 1.44 bits per heavy atom. The van der Waals surface area contributed by atoms with E-state index in [0.29, 0.717) is 11.3 Å². The fraction of sp³-hybridized carbons (Fsp3) is 0.125. The van der Waals surface area contributed by atoms with Crippen LogP contribution in [-0.2, 0) is 12.4 Å². The third-order valence-corrected chi connectivity index (χ3v) is 6.63. The van der Waals surface area contributed by atoms with Gasteiger partial charge in [0.05, 0.1) is 44.9 Å². The highest BCUT2D eigenvalue weighted by Gasteiger charge is 2.40. The molecular formula is C24H12F6N4OS. The zero-order chi connectivity index (χ0) is 26.4. The van der Waals surface area contributed by atoms with Crippen molar-refractivity contribution in [2.45, 2.75) is 18.3 Å². The van der Waals surface area contributed by atoms with Gasteiger partial charge in [0.25, 0.3) is 5.56 Å². The quantitative estimate of drug-likeness (QED) is 0.521. The van der Waals surface area contributed by atoms with Crippen molar-refractivity contribution in [2.24, 2.45) is 5.73 Å². The number of nitrogens with two attached hydrogens (primary N) is 1. The maximum Gasteiger partial charge on any atom is 0.416 e. The molecule has 0 spiro atoms. The van der Waals surface area contributed by atoms with Gasteiger partial charge in [-0.2, -0.15) is 36.9 Å². The zero-order valence-electron chi connectivity index (χ0n) is 17.8. The first-order chi connectivity index (χ1) is 16.9. The number of benzene rings is 2. The van der Waals surface area contributed by atoms with Crippen molar-refractivity contribution < 1.29 is 26.3 Å². The van der Waals surface area contributed by atoms with Crippen LogP contribution >= 0.6 is 11.3 Å². The molecule has 1 atom stereocenters. The van der Waals surface area contributed by atoms with Gasteiger partial charge in [-0.15, -0.1) is 11.3 Å². The fourth-order valence-corrected chi connectivity index (χ4v) is 5.11. The molecule has 0 bridgehead atoms. The van der Waals surface area contributed by atoms with E-state index in [-0.39, 0.29) is 20.3 Å². The van der Waals surface area contributed by atoms with E-state index >= 15 is 0 Å². The molecule has 2 heterocycles. The van der Waals surface area contributed by atoms with Gasteiger partial charge in [-0.1, -0.05) is 36.4 Å². The first-order valence-electron chi connectivity index (χ1n) is 10.0. The molecule has 0 saturated carbocycles. The van der Waals surface area contributed by atoms with Crippen LogP contribution in [-0.4, -0.2) is 4.57 Å². The molecular weight excluding hydrogens is 506 g/mol. The minimum absolute atomic E-state index is 0.170. The number of hydrogen-bond acceptors (Lipinski definition) is 5. The van der Waals surface area contributed by atoms with Crippen molar-refractivity contribution in [3.8, 4) is 12.1 Å². The van der Waals surface area contributed by atoms with Gasteiger partial charge in [-0.05, 0) is 29.3 Å². The molecule has 3 aromatic rings. The molecule has 5 nitrogen and oxygen atoms in total. The van der Waals surface area contributed by atoms with Gasteiger partial charge >= 0.3 is 12.4 Å². The van der Waals surface area contributed by atoms with Crippen LogP contribution in [0.1, 0.15) is 28.2 Å². The summed E-state index contributed by atoms with van der Waals surface area (Å²) in [5.41, 5.74) is 1.46. The number of aromatic nitrogens is 1. The van der Waals surface area contributed by atoms with Crippen molar-refractivity contribution in [2.75, 3.05) is 0 Å². The molecule has 2 N–H and O–H groups in total. The molecule has 1 aliphatic rings. The molecule has 0 radical (unpaired) electrons. The van der Waals surface area contributed by atoms with Crippen molar-refractivity contribution in [1.82, 2.24) is 4.57 Å². The number of alkyl halides is 6. The molecule has 0 aliphatic carbocycles. The Bertz CT molecular complexity index is 1680. The Morgan fingerprint density at radius 3 is 2.03 bits per heavy atom. The second-order valence-electron chi connectivity index (χ2n) is 7.60. The summed E-state index contributed by atoms with van der Waals surface area (Å²) in [6.45, 7) is 0. The van der Waals surface area contributed by atoms with Crippen LogP contribution < -0.4 is 20.5 Å². The van der Waals surface area contributed by atoms with E-state index in [0.717, 1.165) is 41.0 Å². The molecule has 0 saturated heterocycles. The molecule has 1 aliphatic heterocycles. The van der Waals surface area contributed by atoms with Crippen molar-refractivity contribution in [3.63, 3.8) is 0 Å². The van der Waals surface area contributed by atoms with Crippen LogP contribution in [0, 0.1) is 22.7 Å². The van der Waals surface area contributed by atoms with Crippen LogP contribution in [0.3, 0.4) is 0 Å². The minimum atomic E-state index is -4.82. The summed E-state index contributed by atoms with van der Waals surface area (Å²) >= 11 is 0.600. The predicted octanol–water partition coefficient (Wildman–Crippen LogP) is 3.90. The number of rotatable bonds is 2. The summed E-state index contributed by atoms with van der Waals surface area (Å²) in [5.74, 6) is -2.04. The molecule has 0 amide bonds. The Hall–Kier alpha value is -4.29. The van der Waals surface area contributed by atoms with Gasteiger partial charge in [0.15, 0.2) is 0 Å². The summed E-state index contributed by atoms with van der Waals surface area (Å²) in [5, 5.41) is 19.6. The lowest BCUT2D eigenvalue weighted by molar-refractivity contribution is -0.138. The summed E-state index contributed by atoms with van der Waals surface area (Å²) < 4.78 is 81.8. The number of nitrogens with zero attached hydrogens (tertiary/aromatic N) is 3. The first kappa shape index (κ1) is 24.8. The number of nitriles is 2. The molecule has 182 valence electrons. The van der Waals surface area contributed by atoms with E-state index in [1.165, 1.54) is 18.2 Å². The van der Waals surface area contributed by atoms with Gasteiger partial charge in [-0.3, -0.25) is 9.36 Å². The molecule has 36 heavy (non-hydrogen) atoms. The van der Waals surface area contributed by atoms with E-state index in [9.17, 15) is 41.7 Å². The number of thiazole rings is 1. The first-order valence-corrected chi connectivity index (χ1v) is 10.8. The molecule has 0 fully saturated rings. The minimum Gasteiger partial charge on any atom is -0.384 e. The van der Waals surface area contributed by atoms with Crippen LogP contribution in [0.15, 0.2) is 58.9 Å². The highest BCUT2D eigenvalue weighted by Crippen LogP contribution is 2.42. The maximum atomic E-state index is 13.7. The molecule has 4 rings (SSSR count). The summed E-state index contributed by atoms with van der Waals surface area (Å²) in [6, 6.07) is 12.3. The van der Waals surface area contributed by atoms with Gasteiger partial charge in [0.1, 0.15) is 10.5 Å². The Kier molecular flexibility index (Phi) is 6.02. The van der Waals surface area contributed by atoms with Crippen LogP contribution in [0.5, 0.6) is 0 Å². The Balaban J connectivity index is 2.09. The molecule has 12 heteroatoms. The SMILES string of the molecule is N#CC1=C(N)n2c(s/c(=C\c3ccccc3C(F)(F)F)c2=O)=C(C#N)[C@@H]1c1ccccc1C(F)(F)F. The van der Waals surface area contributed by atoms with Crippen molar-refractivity contribution >= 4 is 28.8 Å². The monoisotopic (exact) mass is 518 g/mol. The summed E-state index contributed by atoms with van der Waals surface area (Å²) in [4.78, 5) is 13.1. The van der Waals surface area contributed by atoms with Gasteiger partial charge in [-0.25, -0.2) is 0 Å². The summed E-state index contributed by atoms with van der Waals surface area (Å²) in [6.07, 6.45) is -8.57. The Morgan fingerprint density at radius 1 is 0.889 bits per heavy atom. The lowest BCUT2D eigenvalue weighted by Crippen LogP contribution is -2.38. The zero-order valence-corrected chi connectivity index (χ0v) is 18.6. The van der Waals surface area contributed by atoms with Gasteiger partial charge in [0.2, 0.25) is 0 Å². The van der Waals surface area contributed by atoms with E-state index in [2.05, 4.69) is 0 Å². The van der Waals surface area contributed by atoms with E-state index in [1.807, 2.05) is 0 Å². The van der Waals surface area contributed by atoms with Crippen molar-refractivity contribution in [3.05, 3.63) is 95.9 Å². The number of allylic oxidation sites excluding steroid dienone is 1. The third-order valence-electron chi connectivity index (χ3n) is 5.52. The average molecular weight is 518 g/mol. The standard InChI is InChI=1S/C24H12F6N4OS/c25-23(26,27)16-7-3-1-5-12(16)9-18-21(35)34-20(33)14(10-31)19(15(11-32)22(34)36-18)13-6-2-4-8-17(13)24(28,29)30/h1-9,19H,33H2/b18-9-/t19-/m1/s1. The number of hydrogen-bond donors (Lipinski definition) is 1. The van der Waals surface area contributed by atoms with Crippen LogP contribution in [0.25, 0.3) is 17.5 Å². The second-order valence-corrected chi connectivity index (χ2v) is 8.63. The smallest absolute Gasteiger partial charge is 0.384 e. The predicted molar refractivity (Wildman–Crippen MR) is 119 cm³/mol. The molecule has 0 unspecified atom stereocenters. The number of fused-ring (bicyclic) bond motifs is 1. The highest BCUT2D eigenvalue weighted by molar-refractivity contribution is 7.07. The lowest BCUT2D eigenvalue weighted by Gasteiger charge is -2.24. The number of halogens is 6. The maximum absolute atomic E-state index is 13.7. The van der Waals surface area contributed by atoms with E-state index in [1.54, 1.807) is 12.1 Å². The van der Waals surface area contributed by atoms with Crippen LogP contribution in [0.4, 0.5) is 26.3 Å². The average Bonchev–Trinajstić information content (AvgIpc) is 3.14. The fourth-order valence-electron chi connectivity index (χ4n) is 3.99. The van der Waals surface area contributed by atoms with Gasteiger partial charge in [0, 0.05) is 0 Å². The Labute approximate surface area is 202 Å². The highest BCUT2D eigenvalue weighted by atomic mass is 32.1. The molecule has 1 aromatic heterocycles. The van der Waals surface area contributed by atoms with Crippen LogP contribution in [0.2, 0.25) is 0 Å². The van der Waals surface area contributed by atoms with Gasteiger partial charge < -0.3 is 5.73 Å². The van der Waals surface area contributed by atoms with E-state index in [4.69, 9.17) is 5.73 Å². The largest absolute Gasteiger partial charge is 0.416 e. The second kappa shape index (κ2) is 8.73.